The lowest BCUT2D eigenvalue weighted by Gasteiger charge is -2.34. The third-order valence-corrected chi connectivity index (χ3v) is 5.48. The van der Waals surface area contributed by atoms with E-state index in [4.69, 9.17) is 18.9 Å². The zero-order valence-corrected chi connectivity index (χ0v) is 18.7. The molecule has 3 aromatic rings. The molecule has 0 aromatic heterocycles. The van der Waals surface area contributed by atoms with E-state index in [0.29, 0.717) is 6.61 Å². The Morgan fingerprint density at radius 1 is 0.735 bits per heavy atom. The lowest BCUT2D eigenvalue weighted by atomic mass is 10.0. The lowest BCUT2D eigenvalue weighted by molar-refractivity contribution is -0.447. The molecule has 0 N–H and O–H groups in total. The van der Waals surface area contributed by atoms with Crippen molar-refractivity contribution in [3.8, 4) is 0 Å². The van der Waals surface area contributed by atoms with Crippen molar-refractivity contribution in [2.24, 2.45) is 0 Å². The van der Waals surface area contributed by atoms with E-state index in [9.17, 15) is 10.1 Å². The number of hydrogen-bond acceptors (Lipinski definition) is 6. The first-order chi connectivity index (χ1) is 16.7. The fraction of sp³-hybridized carbons (Fsp3) is 0.259. The van der Waals surface area contributed by atoms with Crippen molar-refractivity contribution in [1.82, 2.24) is 0 Å². The molecular weight excluding hydrogens is 434 g/mol. The predicted molar refractivity (Wildman–Crippen MR) is 126 cm³/mol. The molecule has 0 aliphatic carbocycles. The first-order valence-corrected chi connectivity index (χ1v) is 11.1. The minimum absolute atomic E-state index is 0.173. The molecule has 1 unspecified atom stereocenters. The highest BCUT2D eigenvalue weighted by atomic mass is 16.6. The molecule has 0 saturated heterocycles. The highest BCUT2D eigenvalue weighted by molar-refractivity contribution is 5.16. The van der Waals surface area contributed by atoms with Gasteiger partial charge in [0.1, 0.15) is 6.10 Å². The summed E-state index contributed by atoms with van der Waals surface area (Å²) in [5.41, 5.74) is 2.72. The smallest absolute Gasteiger partial charge is 0.311 e. The van der Waals surface area contributed by atoms with Crippen LogP contribution in [-0.4, -0.2) is 29.8 Å². The second-order valence-corrected chi connectivity index (χ2v) is 7.95. The number of nitrogens with zero attached hydrogens (tertiary/aromatic N) is 1. The Bertz CT molecular complexity index is 1060. The van der Waals surface area contributed by atoms with Crippen molar-refractivity contribution in [2.45, 2.75) is 38.1 Å². The minimum atomic E-state index is -0.919. The second-order valence-electron chi connectivity index (χ2n) is 7.95. The molecule has 0 spiro atoms. The molecule has 0 amide bonds. The first kappa shape index (κ1) is 23.6. The van der Waals surface area contributed by atoms with Crippen LogP contribution >= 0.6 is 0 Å². The van der Waals surface area contributed by atoms with Crippen molar-refractivity contribution < 1.29 is 23.9 Å². The van der Waals surface area contributed by atoms with Crippen LogP contribution in [-0.2, 0) is 38.8 Å². The molecule has 3 aromatic carbocycles. The number of benzene rings is 3. The average Bonchev–Trinajstić information content (AvgIpc) is 2.88. The average molecular weight is 462 g/mol. The fourth-order valence-corrected chi connectivity index (χ4v) is 3.71. The van der Waals surface area contributed by atoms with Gasteiger partial charge in [0.05, 0.1) is 31.4 Å². The van der Waals surface area contributed by atoms with Gasteiger partial charge in [-0.05, 0) is 16.7 Å². The van der Waals surface area contributed by atoms with Crippen LogP contribution in [0.4, 0.5) is 0 Å². The van der Waals surface area contributed by atoms with Crippen LogP contribution in [0.25, 0.3) is 0 Å². The molecule has 1 aliphatic rings. The largest absolute Gasteiger partial charge is 0.486 e. The summed E-state index contributed by atoms with van der Waals surface area (Å²) in [6.45, 7) is 1.06. The van der Waals surface area contributed by atoms with Crippen LogP contribution in [0.2, 0.25) is 0 Å². The molecule has 176 valence electrons. The second kappa shape index (κ2) is 12.1. The number of nitro groups is 1. The van der Waals surface area contributed by atoms with E-state index >= 15 is 0 Å². The van der Waals surface area contributed by atoms with Crippen LogP contribution < -0.4 is 0 Å². The van der Waals surface area contributed by atoms with Crippen LogP contribution in [0.3, 0.4) is 0 Å². The van der Waals surface area contributed by atoms with Gasteiger partial charge in [-0.2, -0.15) is 0 Å². The maximum Gasteiger partial charge on any atom is 0.311 e. The van der Waals surface area contributed by atoms with E-state index in [0.717, 1.165) is 23.0 Å². The first-order valence-electron chi connectivity index (χ1n) is 11.1. The van der Waals surface area contributed by atoms with Crippen LogP contribution in [0.15, 0.2) is 103 Å². The standard InChI is InChI=1S/C27H27NO6/c29-28(30)24-19-32-25(20-31-16-21-10-4-1-5-11-21)27(34-18-23-14-8-3-9-15-23)26(24)33-17-22-12-6-2-7-13-22/h1-15,19,25-27H,16-18,20H2/t25?,26-,27+/m1/s1. The molecule has 1 heterocycles. The molecule has 0 bridgehead atoms. The van der Waals surface area contributed by atoms with Gasteiger partial charge in [0.2, 0.25) is 0 Å². The summed E-state index contributed by atoms with van der Waals surface area (Å²) >= 11 is 0. The zero-order chi connectivity index (χ0) is 23.6. The Morgan fingerprint density at radius 3 is 1.76 bits per heavy atom. The van der Waals surface area contributed by atoms with E-state index in [2.05, 4.69) is 0 Å². The Hall–Kier alpha value is -3.52. The zero-order valence-electron chi connectivity index (χ0n) is 18.7. The molecule has 7 nitrogen and oxygen atoms in total. The molecule has 0 saturated carbocycles. The van der Waals surface area contributed by atoms with E-state index < -0.39 is 23.2 Å². The van der Waals surface area contributed by atoms with Gasteiger partial charge in [-0.25, -0.2) is 0 Å². The molecule has 3 atom stereocenters. The third kappa shape index (κ3) is 6.51. The molecule has 34 heavy (non-hydrogen) atoms. The van der Waals surface area contributed by atoms with Crippen molar-refractivity contribution >= 4 is 0 Å². The van der Waals surface area contributed by atoms with E-state index in [1.807, 2.05) is 91.0 Å². The predicted octanol–water partition coefficient (Wildman–Crippen LogP) is 4.89. The van der Waals surface area contributed by atoms with Gasteiger partial charge in [-0.3, -0.25) is 10.1 Å². The van der Waals surface area contributed by atoms with Gasteiger partial charge < -0.3 is 18.9 Å². The fourth-order valence-electron chi connectivity index (χ4n) is 3.71. The summed E-state index contributed by atoms with van der Waals surface area (Å²) in [5, 5.41) is 11.8. The summed E-state index contributed by atoms with van der Waals surface area (Å²) in [4.78, 5) is 11.3. The summed E-state index contributed by atoms with van der Waals surface area (Å²) in [5.74, 6) is 0. The van der Waals surface area contributed by atoms with Crippen LogP contribution in [0.1, 0.15) is 16.7 Å². The van der Waals surface area contributed by atoms with Gasteiger partial charge in [-0.1, -0.05) is 91.0 Å². The molecule has 4 rings (SSSR count). The minimum Gasteiger partial charge on any atom is -0.486 e. The van der Waals surface area contributed by atoms with Gasteiger partial charge in [0, 0.05) is 0 Å². The monoisotopic (exact) mass is 461 g/mol. The highest BCUT2D eigenvalue weighted by Gasteiger charge is 2.44. The normalized spacial score (nSPS) is 19.8. The third-order valence-electron chi connectivity index (χ3n) is 5.48. The Morgan fingerprint density at radius 2 is 1.24 bits per heavy atom. The van der Waals surface area contributed by atoms with Crippen molar-refractivity contribution in [3.63, 3.8) is 0 Å². The summed E-state index contributed by atoms with van der Waals surface area (Å²) in [6, 6.07) is 29.0. The molecule has 0 radical (unpaired) electrons. The van der Waals surface area contributed by atoms with Gasteiger partial charge in [0.15, 0.2) is 18.5 Å². The van der Waals surface area contributed by atoms with Gasteiger partial charge in [-0.15, -0.1) is 0 Å². The number of hydrogen-bond donors (Lipinski definition) is 0. The van der Waals surface area contributed by atoms with Gasteiger partial charge in [0.25, 0.3) is 0 Å². The molecular formula is C27H27NO6. The van der Waals surface area contributed by atoms with Crippen LogP contribution in [0, 0.1) is 10.1 Å². The molecule has 1 aliphatic heterocycles. The van der Waals surface area contributed by atoms with Crippen molar-refractivity contribution in [2.75, 3.05) is 6.61 Å². The SMILES string of the molecule is O=[N+]([O-])C1=COC(COCc2ccccc2)[C@H](OCc2ccccc2)[C@@H]1OCc1ccccc1. The highest BCUT2D eigenvalue weighted by Crippen LogP contribution is 2.27. The lowest BCUT2D eigenvalue weighted by Crippen LogP contribution is -2.49. The summed E-state index contributed by atoms with van der Waals surface area (Å²) in [7, 11) is 0. The van der Waals surface area contributed by atoms with E-state index in [-0.39, 0.29) is 25.5 Å². The van der Waals surface area contributed by atoms with E-state index in [1.165, 1.54) is 0 Å². The number of rotatable bonds is 11. The Kier molecular flexibility index (Phi) is 8.40. The maximum atomic E-state index is 11.8. The van der Waals surface area contributed by atoms with Crippen molar-refractivity contribution in [1.29, 1.82) is 0 Å². The molecule has 7 heteroatoms. The number of ether oxygens (including phenoxy) is 4. The van der Waals surface area contributed by atoms with Crippen LogP contribution in [0.5, 0.6) is 0 Å². The quantitative estimate of drug-likeness (QED) is 0.299. The Balaban J connectivity index is 1.50. The topological polar surface area (TPSA) is 80.1 Å². The Labute approximate surface area is 198 Å². The summed E-state index contributed by atoms with van der Waals surface area (Å²) in [6.07, 6.45) is -1.06. The summed E-state index contributed by atoms with van der Waals surface area (Å²) < 4.78 is 23.9. The van der Waals surface area contributed by atoms with Gasteiger partial charge >= 0.3 is 5.70 Å². The van der Waals surface area contributed by atoms with E-state index in [1.54, 1.807) is 0 Å². The maximum absolute atomic E-state index is 11.8. The van der Waals surface area contributed by atoms with Crippen molar-refractivity contribution in [3.05, 3.63) is 130 Å². The molecule has 0 fully saturated rings.